The molecule has 0 aromatic heterocycles. The summed E-state index contributed by atoms with van der Waals surface area (Å²) in [7, 11) is 0. The van der Waals surface area contributed by atoms with E-state index in [1.54, 1.807) is 26.8 Å². The molecule has 0 radical (unpaired) electrons. The molecule has 11 heavy (non-hydrogen) atoms. The van der Waals surface area contributed by atoms with Crippen LogP contribution in [-0.2, 0) is 9.53 Å². The second-order valence-electron chi connectivity index (χ2n) is 2.37. The minimum Gasteiger partial charge on any atom is -0.457 e. The van der Waals surface area contributed by atoms with E-state index in [4.69, 9.17) is 9.84 Å². The lowest BCUT2D eigenvalue weighted by atomic mass is 10.3. The van der Waals surface area contributed by atoms with Crippen molar-refractivity contribution in [2.24, 2.45) is 0 Å². The summed E-state index contributed by atoms with van der Waals surface area (Å²) in [6.07, 6.45) is 1.25. The third kappa shape index (κ3) is 3.78. The number of hydrogen-bond acceptors (Lipinski definition) is 3. The van der Waals surface area contributed by atoms with Gasteiger partial charge in [0.1, 0.15) is 6.10 Å². The van der Waals surface area contributed by atoms with Gasteiger partial charge in [0.2, 0.25) is 0 Å². The third-order valence-electron chi connectivity index (χ3n) is 1.32. The summed E-state index contributed by atoms with van der Waals surface area (Å²) in [5.74, 6) is -0.367. The molecule has 3 nitrogen and oxygen atoms in total. The average molecular weight is 158 g/mol. The Balaban J connectivity index is 3.88. The number of carbonyl (C=O) groups is 1. The van der Waals surface area contributed by atoms with Crippen LogP contribution in [0.5, 0.6) is 0 Å². The van der Waals surface area contributed by atoms with E-state index >= 15 is 0 Å². The van der Waals surface area contributed by atoms with Crippen molar-refractivity contribution in [3.8, 4) is 0 Å². The van der Waals surface area contributed by atoms with Gasteiger partial charge in [-0.05, 0) is 20.8 Å². The SMILES string of the molecule is CC=C(C)C(=O)OC(C)CO. The van der Waals surface area contributed by atoms with Crippen molar-refractivity contribution < 1.29 is 14.6 Å². The van der Waals surface area contributed by atoms with E-state index in [9.17, 15) is 4.79 Å². The second-order valence-corrected chi connectivity index (χ2v) is 2.37. The highest BCUT2D eigenvalue weighted by Crippen LogP contribution is 1.99. The summed E-state index contributed by atoms with van der Waals surface area (Å²) < 4.78 is 4.79. The molecule has 0 aliphatic carbocycles. The van der Waals surface area contributed by atoms with Crippen molar-refractivity contribution in [1.82, 2.24) is 0 Å². The van der Waals surface area contributed by atoms with Crippen LogP contribution >= 0.6 is 0 Å². The van der Waals surface area contributed by atoms with E-state index in [1.807, 2.05) is 0 Å². The first kappa shape index (κ1) is 10.2. The Hall–Kier alpha value is -0.830. The summed E-state index contributed by atoms with van der Waals surface area (Å²) in [6.45, 7) is 4.94. The van der Waals surface area contributed by atoms with E-state index < -0.39 is 6.10 Å². The van der Waals surface area contributed by atoms with Crippen LogP contribution in [-0.4, -0.2) is 23.8 Å². The number of aliphatic hydroxyl groups is 1. The topological polar surface area (TPSA) is 46.5 Å². The molecule has 0 aromatic carbocycles. The van der Waals surface area contributed by atoms with Gasteiger partial charge in [-0.1, -0.05) is 6.08 Å². The van der Waals surface area contributed by atoms with Crippen LogP contribution in [0.15, 0.2) is 11.6 Å². The number of ether oxygens (including phenoxy) is 1. The second kappa shape index (κ2) is 4.91. The molecule has 0 fully saturated rings. The Bertz CT molecular complexity index is 161. The van der Waals surface area contributed by atoms with Crippen molar-refractivity contribution in [1.29, 1.82) is 0 Å². The van der Waals surface area contributed by atoms with Gasteiger partial charge in [-0.15, -0.1) is 0 Å². The van der Waals surface area contributed by atoms with Gasteiger partial charge < -0.3 is 9.84 Å². The fraction of sp³-hybridized carbons (Fsp3) is 0.625. The van der Waals surface area contributed by atoms with Gasteiger partial charge in [0.05, 0.1) is 6.61 Å². The Morgan fingerprint density at radius 1 is 1.73 bits per heavy atom. The summed E-state index contributed by atoms with van der Waals surface area (Å²) in [6, 6.07) is 0. The smallest absolute Gasteiger partial charge is 0.333 e. The Kier molecular flexibility index (Phi) is 4.54. The molecule has 0 amide bonds. The lowest BCUT2D eigenvalue weighted by Gasteiger charge is -2.09. The number of aliphatic hydroxyl groups excluding tert-OH is 1. The van der Waals surface area contributed by atoms with Crippen LogP contribution in [0.25, 0.3) is 0 Å². The van der Waals surface area contributed by atoms with Crippen LogP contribution in [0.2, 0.25) is 0 Å². The average Bonchev–Trinajstić information content (AvgIpc) is 2.02. The molecule has 1 unspecified atom stereocenters. The molecule has 0 spiro atoms. The number of hydrogen-bond donors (Lipinski definition) is 1. The Morgan fingerprint density at radius 2 is 2.27 bits per heavy atom. The van der Waals surface area contributed by atoms with Crippen LogP contribution in [0.3, 0.4) is 0 Å². The minimum absolute atomic E-state index is 0.136. The first-order valence-electron chi connectivity index (χ1n) is 3.56. The third-order valence-corrected chi connectivity index (χ3v) is 1.32. The molecule has 0 aromatic rings. The number of rotatable bonds is 3. The standard InChI is InChI=1S/C8H14O3/c1-4-6(2)8(10)11-7(3)5-9/h4,7,9H,5H2,1-3H3. The van der Waals surface area contributed by atoms with Crippen molar-refractivity contribution in [2.45, 2.75) is 26.9 Å². The molecule has 64 valence electrons. The molecule has 3 heteroatoms. The first-order valence-corrected chi connectivity index (χ1v) is 3.56. The van der Waals surface area contributed by atoms with Gasteiger partial charge >= 0.3 is 5.97 Å². The van der Waals surface area contributed by atoms with E-state index in [2.05, 4.69) is 0 Å². The molecule has 0 aliphatic heterocycles. The van der Waals surface area contributed by atoms with E-state index in [0.29, 0.717) is 5.57 Å². The number of allylic oxidation sites excluding steroid dienone is 1. The number of esters is 1. The maximum absolute atomic E-state index is 10.9. The normalized spacial score (nSPS) is 14.4. The van der Waals surface area contributed by atoms with Gasteiger partial charge in [-0.25, -0.2) is 4.79 Å². The van der Waals surface area contributed by atoms with Crippen LogP contribution in [0, 0.1) is 0 Å². The van der Waals surface area contributed by atoms with Crippen LogP contribution in [0.1, 0.15) is 20.8 Å². The molecule has 1 atom stereocenters. The predicted octanol–water partition coefficient (Wildman–Crippen LogP) is 0.877. The molecular formula is C8H14O3. The molecule has 1 N–H and O–H groups in total. The van der Waals surface area contributed by atoms with Crippen molar-refractivity contribution in [3.63, 3.8) is 0 Å². The van der Waals surface area contributed by atoms with Crippen molar-refractivity contribution >= 4 is 5.97 Å². The zero-order valence-electron chi connectivity index (χ0n) is 7.13. The molecule has 0 bridgehead atoms. The van der Waals surface area contributed by atoms with E-state index in [1.165, 1.54) is 0 Å². The highest BCUT2D eigenvalue weighted by atomic mass is 16.5. The first-order chi connectivity index (χ1) is 5.11. The molecule has 0 heterocycles. The zero-order chi connectivity index (χ0) is 8.85. The molecule has 0 saturated carbocycles. The predicted molar refractivity (Wildman–Crippen MR) is 42.1 cm³/mol. The summed E-state index contributed by atoms with van der Waals surface area (Å²) in [5, 5.41) is 8.54. The van der Waals surface area contributed by atoms with Gasteiger partial charge in [-0.2, -0.15) is 0 Å². The zero-order valence-corrected chi connectivity index (χ0v) is 7.13. The van der Waals surface area contributed by atoms with Crippen LogP contribution < -0.4 is 0 Å². The van der Waals surface area contributed by atoms with Gasteiger partial charge in [0.25, 0.3) is 0 Å². The fourth-order valence-corrected chi connectivity index (χ4v) is 0.431. The van der Waals surface area contributed by atoms with E-state index in [-0.39, 0.29) is 12.6 Å². The van der Waals surface area contributed by atoms with Crippen LogP contribution in [0.4, 0.5) is 0 Å². The summed E-state index contributed by atoms with van der Waals surface area (Å²) in [4.78, 5) is 10.9. The van der Waals surface area contributed by atoms with Crippen molar-refractivity contribution in [3.05, 3.63) is 11.6 Å². The van der Waals surface area contributed by atoms with Gasteiger partial charge in [0, 0.05) is 5.57 Å². The fourth-order valence-electron chi connectivity index (χ4n) is 0.431. The largest absolute Gasteiger partial charge is 0.457 e. The lowest BCUT2D eigenvalue weighted by molar-refractivity contribution is -0.145. The number of carbonyl (C=O) groups excluding carboxylic acids is 1. The van der Waals surface area contributed by atoms with Crippen molar-refractivity contribution in [2.75, 3.05) is 6.61 Å². The maximum Gasteiger partial charge on any atom is 0.333 e. The molecule has 0 rings (SSSR count). The quantitative estimate of drug-likeness (QED) is 0.490. The monoisotopic (exact) mass is 158 g/mol. The minimum atomic E-state index is -0.419. The van der Waals surface area contributed by atoms with Gasteiger partial charge in [0.15, 0.2) is 0 Å². The maximum atomic E-state index is 10.9. The highest BCUT2D eigenvalue weighted by Gasteiger charge is 2.08. The van der Waals surface area contributed by atoms with Gasteiger partial charge in [-0.3, -0.25) is 0 Å². The lowest BCUT2D eigenvalue weighted by Crippen LogP contribution is -2.18. The van der Waals surface area contributed by atoms with E-state index in [0.717, 1.165) is 0 Å². The molecule has 0 saturated heterocycles. The molecular weight excluding hydrogens is 144 g/mol. The summed E-state index contributed by atoms with van der Waals surface area (Å²) >= 11 is 0. The Labute approximate surface area is 66.7 Å². The Morgan fingerprint density at radius 3 is 2.64 bits per heavy atom. The highest BCUT2D eigenvalue weighted by molar-refractivity contribution is 5.87. The molecule has 0 aliphatic rings. The summed E-state index contributed by atoms with van der Waals surface area (Å²) in [5.41, 5.74) is 0.560.